The minimum atomic E-state index is -0.512. The van der Waals surface area contributed by atoms with Crippen molar-refractivity contribution in [2.75, 3.05) is 33.2 Å². The fourth-order valence-electron chi connectivity index (χ4n) is 5.36. The number of carbonyl (C=O) groups is 3. The summed E-state index contributed by atoms with van der Waals surface area (Å²) in [6, 6.07) is 9.15. The quantitative estimate of drug-likeness (QED) is 0.442. The first-order chi connectivity index (χ1) is 16.9. The highest BCUT2D eigenvalue weighted by molar-refractivity contribution is 5.90. The lowest BCUT2D eigenvalue weighted by Gasteiger charge is -2.37. The number of likely N-dealkylation sites (N-methyl/N-ethyl adjacent to an activating group) is 1. The number of amides is 3. The molecule has 1 aliphatic carbocycles. The van der Waals surface area contributed by atoms with Gasteiger partial charge in [-0.15, -0.1) is 0 Å². The van der Waals surface area contributed by atoms with E-state index in [1.54, 1.807) is 18.9 Å². The van der Waals surface area contributed by atoms with Gasteiger partial charge in [-0.1, -0.05) is 49.6 Å². The topological polar surface area (TPSA) is 108 Å². The van der Waals surface area contributed by atoms with E-state index in [-0.39, 0.29) is 42.3 Å². The van der Waals surface area contributed by atoms with Gasteiger partial charge in [0.15, 0.2) is 0 Å². The van der Waals surface area contributed by atoms with E-state index >= 15 is 0 Å². The average molecular weight is 486 g/mol. The number of nitrogens with two attached hydrogens (primary N) is 1. The molecule has 35 heavy (non-hydrogen) atoms. The van der Waals surface area contributed by atoms with Crippen LogP contribution >= 0.6 is 0 Å². The summed E-state index contributed by atoms with van der Waals surface area (Å²) < 4.78 is 0. The third-order valence-corrected chi connectivity index (χ3v) is 7.64. The Morgan fingerprint density at radius 3 is 2.46 bits per heavy atom. The van der Waals surface area contributed by atoms with E-state index in [1.807, 2.05) is 23.1 Å². The van der Waals surface area contributed by atoms with Gasteiger partial charge in [-0.3, -0.25) is 14.4 Å². The molecule has 1 aromatic carbocycles. The molecule has 1 aromatic rings. The Bertz CT molecular complexity index is 827. The predicted molar refractivity (Wildman–Crippen MR) is 138 cm³/mol. The molecule has 0 unspecified atom stereocenters. The lowest BCUT2D eigenvalue weighted by Crippen LogP contribution is -2.57. The molecule has 8 nitrogen and oxygen atoms in total. The summed E-state index contributed by atoms with van der Waals surface area (Å²) >= 11 is 0. The van der Waals surface area contributed by atoms with Crippen LogP contribution in [0, 0.1) is 5.92 Å². The van der Waals surface area contributed by atoms with Gasteiger partial charge in [0.25, 0.3) is 0 Å². The summed E-state index contributed by atoms with van der Waals surface area (Å²) in [5, 5.41) is 6.05. The number of hydrogen-bond acceptors (Lipinski definition) is 5. The molecule has 0 bridgehead atoms. The molecule has 0 radical (unpaired) electrons. The molecule has 1 aliphatic heterocycles. The maximum atomic E-state index is 13.9. The fraction of sp³-hybridized carbons (Fsp3) is 0.667. The molecule has 2 aliphatic rings. The highest BCUT2D eigenvalue weighted by atomic mass is 16.2. The molecule has 1 saturated carbocycles. The van der Waals surface area contributed by atoms with Crippen LogP contribution in [0.1, 0.15) is 57.4 Å². The zero-order valence-corrected chi connectivity index (χ0v) is 21.4. The third kappa shape index (κ3) is 7.51. The summed E-state index contributed by atoms with van der Waals surface area (Å²) in [4.78, 5) is 43.0. The minimum absolute atomic E-state index is 0.000685. The van der Waals surface area contributed by atoms with Crippen molar-refractivity contribution in [2.24, 2.45) is 11.7 Å². The highest BCUT2D eigenvalue weighted by Crippen LogP contribution is 2.29. The molecule has 3 amide bonds. The maximum absolute atomic E-state index is 13.9. The average Bonchev–Trinajstić information content (AvgIpc) is 3.37. The van der Waals surface area contributed by atoms with Crippen molar-refractivity contribution in [3.8, 4) is 0 Å². The van der Waals surface area contributed by atoms with Gasteiger partial charge in [-0.2, -0.15) is 0 Å². The van der Waals surface area contributed by atoms with Crippen molar-refractivity contribution in [1.82, 2.24) is 20.4 Å². The first kappa shape index (κ1) is 27.1. The van der Waals surface area contributed by atoms with Crippen LogP contribution in [0.2, 0.25) is 0 Å². The molecular weight excluding hydrogens is 442 g/mol. The van der Waals surface area contributed by atoms with Gasteiger partial charge in [0.05, 0.1) is 12.6 Å². The molecule has 1 saturated heterocycles. The summed E-state index contributed by atoms with van der Waals surface area (Å²) in [6.45, 7) is 3.47. The monoisotopic (exact) mass is 485 g/mol. The van der Waals surface area contributed by atoms with Crippen LogP contribution in [0.25, 0.3) is 0 Å². The van der Waals surface area contributed by atoms with Crippen molar-refractivity contribution < 1.29 is 14.4 Å². The Balaban J connectivity index is 1.71. The first-order valence-electron chi connectivity index (χ1n) is 13.2. The van der Waals surface area contributed by atoms with Gasteiger partial charge in [-0.25, -0.2) is 0 Å². The lowest BCUT2D eigenvalue weighted by atomic mass is 9.83. The smallest absolute Gasteiger partial charge is 0.245 e. The van der Waals surface area contributed by atoms with Gasteiger partial charge in [0.2, 0.25) is 17.7 Å². The van der Waals surface area contributed by atoms with Crippen molar-refractivity contribution >= 4 is 17.7 Å². The number of hydrogen-bond donors (Lipinski definition) is 3. The second-order valence-electron chi connectivity index (χ2n) is 10.0. The van der Waals surface area contributed by atoms with E-state index in [4.69, 9.17) is 5.73 Å². The molecule has 0 spiro atoms. The number of nitrogens with zero attached hydrogens (tertiary/aromatic N) is 2. The number of benzene rings is 1. The van der Waals surface area contributed by atoms with E-state index < -0.39 is 6.04 Å². The van der Waals surface area contributed by atoms with Gasteiger partial charge in [0.1, 0.15) is 6.04 Å². The van der Waals surface area contributed by atoms with Crippen molar-refractivity contribution in [2.45, 2.75) is 76.4 Å². The summed E-state index contributed by atoms with van der Waals surface area (Å²) in [5.74, 6) is -0.0835. The highest BCUT2D eigenvalue weighted by Gasteiger charge is 2.39. The minimum Gasteiger partial charge on any atom is -0.343 e. The zero-order valence-electron chi connectivity index (χ0n) is 21.4. The molecule has 3 rings (SSSR count). The Morgan fingerprint density at radius 2 is 1.80 bits per heavy atom. The third-order valence-electron chi connectivity index (χ3n) is 7.64. The normalized spacial score (nSPS) is 20.3. The number of rotatable bonds is 11. The van der Waals surface area contributed by atoms with Crippen LogP contribution in [0.4, 0.5) is 0 Å². The molecule has 2 fully saturated rings. The van der Waals surface area contributed by atoms with Crippen LogP contribution in [0.5, 0.6) is 0 Å². The molecule has 4 N–H and O–H groups in total. The SMILES string of the molecule is CN[C@@H](C)C(=O)N[C@H](C(=O)N1CCC[C@H]1CN(CCc1ccccc1)C(=O)CN)C1CCCCC1. The van der Waals surface area contributed by atoms with Crippen LogP contribution in [0.15, 0.2) is 30.3 Å². The Kier molecular flexibility index (Phi) is 10.5. The summed E-state index contributed by atoms with van der Waals surface area (Å²) in [7, 11) is 1.75. The van der Waals surface area contributed by atoms with Crippen LogP contribution in [-0.2, 0) is 20.8 Å². The Morgan fingerprint density at radius 1 is 1.09 bits per heavy atom. The fourth-order valence-corrected chi connectivity index (χ4v) is 5.36. The van der Waals surface area contributed by atoms with Crippen LogP contribution in [-0.4, -0.2) is 78.9 Å². The number of likely N-dealkylation sites (tertiary alicyclic amines) is 1. The molecule has 0 aromatic heterocycles. The largest absolute Gasteiger partial charge is 0.343 e. The van der Waals surface area contributed by atoms with Gasteiger partial charge >= 0.3 is 0 Å². The summed E-state index contributed by atoms with van der Waals surface area (Å²) in [6.07, 6.45) is 7.77. The van der Waals surface area contributed by atoms with Gasteiger partial charge in [0, 0.05) is 25.7 Å². The van der Waals surface area contributed by atoms with E-state index in [1.165, 1.54) is 12.0 Å². The van der Waals surface area contributed by atoms with E-state index in [2.05, 4.69) is 22.8 Å². The van der Waals surface area contributed by atoms with E-state index in [9.17, 15) is 14.4 Å². The second kappa shape index (κ2) is 13.6. The van der Waals surface area contributed by atoms with Crippen LogP contribution < -0.4 is 16.4 Å². The maximum Gasteiger partial charge on any atom is 0.245 e. The first-order valence-corrected chi connectivity index (χ1v) is 13.2. The molecular formula is C27H43N5O3. The lowest BCUT2D eigenvalue weighted by molar-refractivity contribution is -0.141. The van der Waals surface area contributed by atoms with Gasteiger partial charge < -0.3 is 26.2 Å². The van der Waals surface area contributed by atoms with Gasteiger partial charge in [-0.05, 0) is 57.6 Å². The molecule has 1 heterocycles. The summed E-state index contributed by atoms with van der Waals surface area (Å²) in [5.41, 5.74) is 6.89. The Hall–Kier alpha value is -2.45. The van der Waals surface area contributed by atoms with Crippen molar-refractivity contribution in [3.05, 3.63) is 35.9 Å². The predicted octanol–water partition coefficient (Wildman–Crippen LogP) is 1.68. The standard InChI is InChI=1S/C27H43N5O3/c1-20(29-2)26(34)30-25(22-12-7-4-8-13-22)27(35)32-16-9-14-23(32)19-31(24(33)18-28)17-15-21-10-5-3-6-11-21/h3,5-6,10-11,20,22-23,25,29H,4,7-9,12-19,28H2,1-2H3,(H,30,34)/t20-,23-,25-/m0/s1. The molecule has 3 atom stereocenters. The van der Waals surface area contributed by atoms with E-state index in [0.717, 1.165) is 44.9 Å². The zero-order chi connectivity index (χ0) is 25.2. The van der Waals surface area contributed by atoms with Crippen LogP contribution in [0.3, 0.4) is 0 Å². The van der Waals surface area contributed by atoms with E-state index in [0.29, 0.717) is 19.6 Å². The molecule has 194 valence electrons. The van der Waals surface area contributed by atoms with Crippen molar-refractivity contribution in [3.63, 3.8) is 0 Å². The molecule has 8 heteroatoms. The van der Waals surface area contributed by atoms with Crippen molar-refractivity contribution in [1.29, 1.82) is 0 Å². The second-order valence-corrected chi connectivity index (χ2v) is 10.0. The number of nitrogens with one attached hydrogen (secondary N) is 2. The number of carbonyl (C=O) groups excluding carboxylic acids is 3. The Labute approximate surface area is 210 Å².